The highest BCUT2D eigenvalue weighted by Crippen LogP contribution is 2.32. The molecule has 0 spiro atoms. The predicted octanol–water partition coefficient (Wildman–Crippen LogP) is 4.18. The van der Waals surface area contributed by atoms with Crippen LogP contribution in [0.25, 0.3) is 10.8 Å². The largest absolute Gasteiger partial charge is 0.493 e. The second-order valence-electron chi connectivity index (χ2n) is 7.05. The van der Waals surface area contributed by atoms with Crippen molar-refractivity contribution in [2.75, 3.05) is 6.61 Å². The quantitative estimate of drug-likeness (QED) is 0.469. The fourth-order valence-electron chi connectivity index (χ4n) is 3.59. The van der Waals surface area contributed by atoms with E-state index in [1.807, 2.05) is 19.1 Å². The van der Waals surface area contributed by atoms with Crippen LogP contribution in [0.15, 0.2) is 78.0 Å². The Balaban J connectivity index is 1.83. The topological polar surface area (TPSA) is 73.2 Å². The first-order valence-corrected chi connectivity index (χ1v) is 11.3. The Morgan fingerprint density at radius 3 is 2.55 bits per heavy atom. The summed E-state index contributed by atoms with van der Waals surface area (Å²) in [6.07, 6.45) is 3.28. The molecule has 4 rings (SSSR count). The number of hydrogen-bond donors (Lipinski definition) is 1. The van der Waals surface area contributed by atoms with Crippen LogP contribution in [-0.2, 0) is 17.1 Å². The van der Waals surface area contributed by atoms with Crippen molar-refractivity contribution >= 4 is 20.8 Å². The monoisotopic (exact) mass is 439 g/mol. The number of hydrogen-bond acceptors (Lipinski definition) is 4. The zero-order chi connectivity index (χ0) is 22.0. The molecule has 3 aromatic carbocycles. The summed E-state index contributed by atoms with van der Waals surface area (Å²) in [6.45, 7) is 2.34. The number of aryl methyl sites for hydroxylation is 1. The van der Waals surface area contributed by atoms with Crippen LogP contribution in [0.2, 0.25) is 0 Å². The van der Waals surface area contributed by atoms with Crippen molar-refractivity contribution in [2.45, 2.75) is 17.9 Å². The number of nitrogens with one attached hydrogen (secondary N) is 1. The molecule has 1 aromatic heterocycles. The van der Waals surface area contributed by atoms with Crippen molar-refractivity contribution in [3.8, 4) is 5.75 Å². The zero-order valence-corrected chi connectivity index (χ0v) is 17.9. The average Bonchev–Trinajstić information content (AvgIpc) is 3.18. The molecule has 0 fully saturated rings. The molecule has 160 valence electrons. The standard InChI is InChI=1S/C23H22FN3O3S/c1-3-30-20-11-12-21(19-10-5-4-9-18(19)20)31(28,29)26-22(23-25-13-14-27(23)2)16-7-6-8-17(24)15-16/h4-15,22,26H,3H2,1-2H3. The fourth-order valence-corrected chi connectivity index (χ4v) is 4.98. The van der Waals surface area contributed by atoms with Gasteiger partial charge in [-0.1, -0.05) is 36.4 Å². The van der Waals surface area contributed by atoms with E-state index in [0.29, 0.717) is 34.5 Å². The van der Waals surface area contributed by atoms with Crippen LogP contribution in [-0.4, -0.2) is 24.6 Å². The number of aromatic nitrogens is 2. The fraction of sp³-hybridized carbons (Fsp3) is 0.174. The van der Waals surface area contributed by atoms with Gasteiger partial charge in [0.1, 0.15) is 23.4 Å². The molecular weight excluding hydrogens is 417 g/mol. The van der Waals surface area contributed by atoms with Gasteiger partial charge < -0.3 is 9.30 Å². The third kappa shape index (κ3) is 4.17. The van der Waals surface area contributed by atoms with Crippen molar-refractivity contribution in [2.24, 2.45) is 7.05 Å². The Morgan fingerprint density at radius 2 is 1.87 bits per heavy atom. The Morgan fingerprint density at radius 1 is 1.10 bits per heavy atom. The van der Waals surface area contributed by atoms with Gasteiger partial charge in [-0.2, -0.15) is 4.72 Å². The summed E-state index contributed by atoms with van der Waals surface area (Å²) in [5, 5.41) is 1.24. The van der Waals surface area contributed by atoms with E-state index >= 15 is 0 Å². The third-order valence-corrected chi connectivity index (χ3v) is 6.49. The molecule has 1 heterocycles. The zero-order valence-electron chi connectivity index (χ0n) is 17.1. The van der Waals surface area contributed by atoms with Crippen LogP contribution >= 0.6 is 0 Å². The van der Waals surface area contributed by atoms with Crippen LogP contribution in [0.5, 0.6) is 5.75 Å². The molecule has 31 heavy (non-hydrogen) atoms. The first-order chi connectivity index (χ1) is 14.9. The number of benzene rings is 3. The summed E-state index contributed by atoms with van der Waals surface area (Å²) in [6, 6.07) is 15.3. The normalized spacial score (nSPS) is 12.7. The summed E-state index contributed by atoms with van der Waals surface area (Å²) in [4.78, 5) is 4.41. The number of fused-ring (bicyclic) bond motifs is 1. The molecule has 0 aliphatic rings. The van der Waals surface area contributed by atoms with Gasteiger partial charge in [0, 0.05) is 30.2 Å². The van der Waals surface area contributed by atoms with Crippen LogP contribution in [0.1, 0.15) is 24.4 Å². The lowest BCUT2D eigenvalue weighted by Gasteiger charge is -2.20. The molecule has 1 atom stereocenters. The van der Waals surface area contributed by atoms with Crippen molar-refractivity contribution in [3.63, 3.8) is 0 Å². The summed E-state index contributed by atoms with van der Waals surface area (Å²) in [7, 11) is -2.24. The van der Waals surface area contributed by atoms with E-state index < -0.39 is 21.9 Å². The first kappa shape index (κ1) is 21.0. The highest BCUT2D eigenvalue weighted by atomic mass is 32.2. The van der Waals surface area contributed by atoms with Gasteiger partial charge in [0.25, 0.3) is 0 Å². The van der Waals surface area contributed by atoms with E-state index in [-0.39, 0.29) is 4.90 Å². The highest BCUT2D eigenvalue weighted by molar-refractivity contribution is 7.89. The lowest BCUT2D eigenvalue weighted by atomic mass is 10.1. The Hall–Kier alpha value is -3.23. The van der Waals surface area contributed by atoms with Crippen molar-refractivity contribution in [1.82, 2.24) is 14.3 Å². The van der Waals surface area contributed by atoms with Crippen LogP contribution in [0.3, 0.4) is 0 Å². The van der Waals surface area contributed by atoms with E-state index in [9.17, 15) is 12.8 Å². The minimum Gasteiger partial charge on any atom is -0.493 e. The summed E-state index contributed by atoms with van der Waals surface area (Å²) in [5.41, 5.74) is 0.452. The molecule has 0 amide bonds. The molecular formula is C23H22FN3O3S. The lowest BCUT2D eigenvalue weighted by molar-refractivity contribution is 0.344. The maximum Gasteiger partial charge on any atom is 0.242 e. The number of ether oxygens (including phenoxy) is 1. The van der Waals surface area contributed by atoms with Crippen molar-refractivity contribution in [1.29, 1.82) is 0 Å². The molecule has 8 heteroatoms. The number of halogens is 1. The minimum absolute atomic E-state index is 0.113. The third-order valence-electron chi connectivity index (χ3n) is 5.01. The molecule has 0 bridgehead atoms. The second kappa shape index (κ2) is 8.49. The highest BCUT2D eigenvalue weighted by Gasteiger charge is 2.27. The van der Waals surface area contributed by atoms with E-state index in [2.05, 4.69) is 9.71 Å². The molecule has 1 unspecified atom stereocenters. The van der Waals surface area contributed by atoms with Gasteiger partial charge in [-0.15, -0.1) is 0 Å². The van der Waals surface area contributed by atoms with E-state index in [4.69, 9.17) is 4.74 Å². The van der Waals surface area contributed by atoms with Gasteiger partial charge >= 0.3 is 0 Å². The van der Waals surface area contributed by atoms with Crippen LogP contribution < -0.4 is 9.46 Å². The average molecular weight is 440 g/mol. The van der Waals surface area contributed by atoms with Crippen molar-refractivity contribution < 1.29 is 17.5 Å². The molecule has 0 aliphatic carbocycles. The van der Waals surface area contributed by atoms with Gasteiger partial charge in [-0.05, 0) is 36.8 Å². The molecule has 0 radical (unpaired) electrons. The van der Waals surface area contributed by atoms with E-state index in [0.717, 1.165) is 0 Å². The van der Waals surface area contributed by atoms with Crippen LogP contribution in [0, 0.1) is 5.82 Å². The number of rotatable bonds is 7. The summed E-state index contributed by atoms with van der Waals surface area (Å²) < 4.78 is 51.0. The van der Waals surface area contributed by atoms with Gasteiger partial charge in [0.15, 0.2) is 0 Å². The van der Waals surface area contributed by atoms with Gasteiger partial charge in [0.2, 0.25) is 10.0 Å². The smallest absolute Gasteiger partial charge is 0.242 e. The maximum absolute atomic E-state index is 13.9. The van der Waals surface area contributed by atoms with Crippen molar-refractivity contribution in [3.05, 3.63) is 90.3 Å². The Kier molecular flexibility index (Phi) is 5.75. The lowest BCUT2D eigenvalue weighted by Crippen LogP contribution is -2.31. The van der Waals surface area contributed by atoms with E-state index in [1.54, 1.807) is 54.3 Å². The molecule has 4 aromatic rings. The van der Waals surface area contributed by atoms with Gasteiger partial charge in [-0.25, -0.2) is 17.8 Å². The molecule has 0 aliphatic heterocycles. The first-order valence-electron chi connectivity index (χ1n) is 9.80. The molecule has 6 nitrogen and oxygen atoms in total. The maximum atomic E-state index is 13.9. The summed E-state index contributed by atoms with van der Waals surface area (Å²) >= 11 is 0. The Labute approximate surface area is 180 Å². The molecule has 1 N–H and O–H groups in total. The SMILES string of the molecule is CCOc1ccc(S(=O)(=O)NC(c2cccc(F)c2)c2nccn2C)c2ccccc12. The minimum atomic E-state index is -4.00. The Bertz CT molecular complexity index is 1330. The molecule has 0 saturated heterocycles. The van der Waals surface area contributed by atoms with E-state index in [1.165, 1.54) is 18.2 Å². The molecule has 0 saturated carbocycles. The number of imidazole rings is 1. The predicted molar refractivity (Wildman–Crippen MR) is 117 cm³/mol. The van der Waals surface area contributed by atoms with Gasteiger partial charge in [-0.3, -0.25) is 0 Å². The second-order valence-corrected chi connectivity index (χ2v) is 8.73. The number of sulfonamides is 1. The number of nitrogens with zero attached hydrogens (tertiary/aromatic N) is 2. The van der Waals surface area contributed by atoms with Crippen LogP contribution in [0.4, 0.5) is 4.39 Å². The summed E-state index contributed by atoms with van der Waals surface area (Å²) in [5.74, 6) is 0.606. The van der Waals surface area contributed by atoms with Gasteiger partial charge in [0.05, 0.1) is 11.5 Å².